The highest BCUT2D eigenvalue weighted by molar-refractivity contribution is 6.04. The van der Waals surface area contributed by atoms with Crippen molar-refractivity contribution in [2.75, 3.05) is 23.3 Å². The van der Waals surface area contributed by atoms with E-state index in [1.54, 1.807) is 10.7 Å². The Hall–Kier alpha value is -3.22. The van der Waals surface area contributed by atoms with Crippen molar-refractivity contribution in [1.29, 1.82) is 0 Å². The molecule has 1 aromatic heterocycles. The summed E-state index contributed by atoms with van der Waals surface area (Å²) in [5, 5.41) is 14.7. The lowest BCUT2D eigenvalue weighted by Gasteiger charge is -2.28. The molecule has 0 radical (unpaired) electrons. The van der Waals surface area contributed by atoms with Gasteiger partial charge in [0.2, 0.25) is 0 Å². The number of rotatable bonds is 5. The van der Waals surface area contributed by atoms with Crippen LogP contribution < -0.4 is 10.2 Å². The maximum Gasteiger partial charge on any atom is 0.255 e. The zero-order valence-electron chi connectivity index (χ0n) is 16.0. The number of hydrogen-bond acceptors (Lipinski definition) is 5. The first kappa shape index (κ1) is 18.2. The molecule has 0 saturated carbocycles. The van der Waals surface area contributed by atoms with Gasteiger partial charge in [-0.3, -0.25) is 4.79 Å². The Bertz CT molecular complexity index is 944. The first-order valence-corrected chi connectivity index (χ1v) is 9.77. The van der Waals surface area contributed by atoms with Crippen LogP contribution in [0.2, 0.25) is 0 Å². The highest BCUT2D eigenvalue weighted by Gasteiger charge is 2.13. The second-order valence-electron chi connectivity index (χ2n) is 6.95. The van der Waals surface area contributed by atoms with Crippen molar-refractivity contribution in [1.82, 2.24) is 20.2 Å². The maximum atomic E-state index is 12.7. The van der Waals surface area contributed by atoms with E-state index in [2.05, 4.69) is 37.9 Å². The van der Waals surface area contributed by atoms with Gasteiger partial charge in [0.25, 0.3) is 5.91 Å². The van der Waals surface area contributed by atoms with Crippen LogP contribution in [0.5, 0.6) is 0 Å². The van der Waals surface area contributed by atoms with Gasteiger partial charge in [-0.2, -0.15) is 0 Å². The summed E-state index contributed by atoms with van der Waals surface area (Å²) in [5.41, 5.74) is 3.39. The van der Waals surface area contributed by atoms with Crippen molar-refractivity contribution in [3.05, 3.63) is 54.1 Å². The molecule has 28 heavy (non-hydrogen) atoms. The quantitative estimate of drug-likeness (QED) is 0.736. The van der Waals surface area contributed by atoms with E-state index in [1.165, 1.54) is 24.9 Å². The molecule has 0 unspecified atom stereocenters. The lowest BCUT2D eigenvalue weighted by molar-refractivity contribution is 0.102. The molecule has 1 saturated heterocycles. The summed E-state index contributed by atoms with van der Waals surface area (Å²) >= 11 is 0. The van der Waals surface area contributed by atoms with E-state index in [0.29, 0.717) is 17.9 Å². The SMILES string of the molecule is CCn1nnnc1-c1cccc(C(=O)Nc2ccc(N3CCCCC3)cc2)c1. The molecule has 0 spiro atoms. The standard InChI is InChI=1S/C21H24N6O/c1-2-27-20(23-24-25-27)16-7-6-8-17(15-16)21(28)22-18-9-11-19(12-10-18)26-13-4-3-5-14-26/h6-12,15H,2-5,13-14H2,1H3,(H,22,28). The van der Waals surface area contributed by atoms with Crippen LogP contribution in [0.4, 0.5) is 11.4 Å². The molecule has 2 heterocycles. The normalized spacial score (nSPS) is 14.1. The van der Waals surface area contributed by atoms with Gasteiger partial charge in [0.1, 0.15) is 0 Å². The highest BCUT2D eigenvalue weighted by atomic mass is 16.1. The molecule has 1 N–H and O–H groups in total. The molecule has 1 fully saturated rings. The van der Waals surface area contributed by atoms with E-state index >= 15 is 0 Å². The van der Waals surface area contributed by atoms with Crippen LogP contribution in [0.1, 0.15) is 36.5 Å². The zero-order valence-corrected chi connectivity index (χ0v) is 16.0. The Kier molecular flexibility index (Phi) is 5.32. The molecule has 4 rings (SSSR count). The highest BCUT2D eigenvalue weighted by Crippen LogP contribution is 2.23. The Balaban J connectivity index is 1.47. The Morgan fingerprint density at radius 2 is 1.86 bits per heavy atom. The average molecular weight is 376 g/mol. The number of piperidine rings is 1. The van der Waals surface area contributed by atoms with Crippen molar-refractivity contribution < 1.29 is 4.79 Å². The summed E-state index contributed by atoms with van der Waals surface area (Å²) in [7, 11) is 0. The summed E-state index contributed by atoms with van der Waals surface area (Å²) in [6.45, 7) is 4.86. The number of nitrogens with zero attached hydrogens (tertiary/aromatic N) is 5. The lowest BCUT2D eigenvalue weighted by atomic mass is 10.1. The van der Waals surface area contributed by atoms with E-state index < -0.39 is 0 Å². The zero-order chi connectivity index (χ0) is 19.3. The van der Waals surface area contributed by atoms with Crippen LogP contribution in [-0.2, 0) is 6.54 Å². The van der Waals surface area contributed by atoms with Crippen molar-refractivity contribution in [3.63, 3.8) is 0 Å². The Labute approximate surface area is 164 Å². The molecule has 7 nitrogen and oxygen atoms in total. The first-order valence-electron chi connectivity index (χ1n) is 9.77. The number of nitrogens with one attached hydrogen (secondary N) is 1. The van der Waals surface area contributed by atoms with Gasteiger partial charge in [0.05, 0.1) is 0 Å². The number of tetrazole rings is 1. The molecule has 2 aromatic carbocycles. The maximum absolute atomic E-state index is 12.7. The number of carbonyl (C=O) groups is 1. The fourth-order valence-corrected chi connectivity index (χ4v) is 3.53. The van der Waals surface area contributed by atoms with Gasteiger partial charge in [-0.05, 0) is 73.0 Å². The monoisotopic (exact) mass is 376 g/mol. The molecular formula is C21H24N6O. The minimum Gasteiger partial charge on any atom is -0.372 e. The Morgan fingerprint density at radius 3 is 2.61 bits per heavy atom. The summed E-state index contributed by atoms with van der Waals surface area (Å²) in [6.07, 6.45) is 3.81. The molecule has 1 amide bonds. The lowest BCUT2D eigenvalue weighted by Crippen LogP contribution is -2.29. The van der Waals surface area contributed by atoms with Crippen LogP contribution in [0.25, 0.3) is 11.4 Å². The fraction of sp³-hybridized carbons (Fsp3) is 0.333. The van der Waals surface area contributed by atoms with Gasteiger partial charge < -0.3 is 10.2 Å². The number of amides is 1. The third-order valence-corrected chi connectivity index (χ3v) is 5.06. The van der Waals surface area contributed by atoms with Crippen LogP contribution in [0.3, 0.4) is 0 Å². The van der Waals surface area contributed by atoms with Crippen LogP contribution in [0, 0.1) is 0 Å². The van der Waals surface area contributed by atoms with E-state index in [4.69, 9.17) is 0 Å². The molecule has 0 bridgehead atoms. The van der Waals surface area contributed by atoms with Crippen LogP contribution in [-0.4, -0.2) is 39.2 Å². The van der Waals surface area contributed by atoms with Gasteiger partial charge in [-0.1, -0.05) is 12.1 Å². The van der Waals surface area contributed by atoms with Crippen molar-refractivity contribution in [2.45, 2.75) is 32.7 Å². The van der Waals surface area contributed by atoms with E-state index in [-0.39, 0.29) is 5.91 Å². The van der Waals surface area contributed by atoms with Gasteiger partial charge in [-0.15, -0.1) is 5.10 Å². The topological polar surface area (TPSA) is 75.9 Å². The van der Waals surface area contributed by atoms with Gasteiger partial charge in [-0.25, -0.2) is 4.68 Å². The minimum atomic E-state index is -0.150. The molecule has 1 aliphatic rings. The molecule has 7 heteroatoms. The number of aromatic nitrogens is 4. The van der Waals surface area contributed by atoms with Crippen molar-refractivity contribution in [2.24, 2.45) is 0 Å². The molecule has 0 aliphatic carbocycles. The van der Waals surface area contributed by atoms with Crippen LogP contribution >= 0.6 is 0 Å². The number of hydrogen-bond donors (Lipinski definition) is 1. The van der Waals surface area contributed by atoms with E-state index in [0.717, 1.165) is 24.3 Å². The summed E-state index contributed by atoms with van der Waals surface area (Å²) in [5.74, 6) is 0.506. The van der Waals surface area contributed by atoms with Gasteiger partial charge in [0, 0.05) is 42.1 Å². The second kappa shape index (κ2) is 8.21. The van der Waals surface area contributed by atoms with Gasteiger partial charge >= 0.3 is 0 Å². The number of aryl methyl sites for hydroxylation is 1. The molecular weight excluding hydrogens is 352 g/mol. The molecule has 0 atom stereocenters. The van der Waals surface area contributed by atoms with Crippen LogP contribution in [0.15, 0.2) is 48.5 Å². The smallest absolute Gasteiger partial charge is 0.255 e. The number of benzene rings is 2. The predicted octanol–water partition coefficient (Wildman–Crippen LogP) is 3.60. The molecule has 144 valence electrons. The summed E-state index contributed by atoms with van der Waals surface area (Å²) in [6, 6.07) is 15.4. The van der Waals surface area contributed by atoms with Crippen molar-refractivity contribution >= 4 is 17.3 Å². The molecule has 3 aromatic rings. The third-order valence-electron chi connectivity index (χ3n) is 5.06. The number of carbonyl (C=O) groups excluding carboxylic acids is 1. The average Bonchev–Trinajstić information content (AvgIpc) is 3.24. The number of anilines is 2. The Morgan fingerprint density at radius 1 is 1.07 bits per heavy atom. The summed E-state index contributed by atoms with van der Waals surface area (Å²) in [4.78, 5) is 15.1. The van der Waals surface area contributed by atoms with E-state index in [9.17, 15) is 4.79 Å². The van der Waals surface area contributed by atoms with E-state index in [1.807, 2.05) is 37.3 Å². The second-order valence-corrected chi connectivity index (χ2v) is 6.95. The van der Waals surface area contributed by atoms with Gasteiger partial charge in [0.15, 0.2) is 5.82 Å². The molecule has 1 aliphatic heterocycles. The first-order chi connectivity index (χ1) is 13.7. The summed E-state index contributed by atoms with van der Waals surface area (Å²) < 4.78 is 1.70. The minimum absolute atomic E-state index is 0.150. The fourth-order valence-electron chi connectivity index (χ4n) is 3.53. The largest absolute Gasteiger partial charge is 0.372 e. The predicted molar refractivity (Wildman–Crippen MR) is 109 cm³/mol. The third kappa shape index (κ3) is 3.88. The van der Waals surface area contributed by atoms with Crippen molar-refractivity contribution in [3.8, 4) is 11.4 Å².